The topological polar surface area (TPSA) is 104 Å². The fraction of sp³-hybridized carbons (Fsp3) is 0.208. The number of para-hydroxylation sites is 2. The van der Waals surface area contributed by atoms with Gasteiger partial charge in [-0.2, -0.15) is 4.98 Å². The van der Waals surface area contributed by atoms with Crippen molar-refractivity contribution >= 4 is 38.5 Å². The second-order valence-electron chi connectivity index (χ2n) is 7.63. The van der Waals surface area contributed by atoms with Crippen molar-refractivity contribution in [3.63, 3.8) is 0 Å². The minimum atomic E-state index is -0.180. The highest BCUT2D eigenvalue weighted by Gasteiger charge is 2.21. The molecule has 172 valence electrons. The Morgan fingerprint density at radius 1 is 1.12 bits per heavy atom. The number of aryl methyl sites for hydroxylation is 1. The summed E-state index contributed by atoms with van der Waals surface area (Å²) in [6, 6.07) is 11.8. The number of pyridine rings is 1. The Hall–Kier alpha value is -3.89. The van der Waals surface area contributed by atoms with Gasteiger partial charge < -0.3 is 14.8 Å². The van der Waals surface area contributed by atoms with Gasteiger partial charge in [0.05, 0.1) is 28.4 Å². The van der Waals surface area contributed by atoms with Gasteiger partial charge in [0.25, 0.3) is 5.91 Å². The number of rotatable bonds is 7. The number of benzene rings is 1. The Kier molecular flexibility index (Phi) is 5.91. The monoisotopic (exact) mass is 474 g/mol. The normalized spacial score (nSPS) is 11.3. The van der Waals surface area contributed by atoms with Crippen molar-refractivity contribution in [2.75, 3.05) is 14.2 Å². The number of methoxy groups -OCH3 is 2. The molecule has 10 heteroatoms. The molecule has 4 heterocycles. The molecule has 0 aliphatic heterocycles. The summed E-state index contributed by atoms with van der Waals surface area (Å²) in [4.78, 5) is 32.1. The summed E-state index contributed by atoms with van der Waals surface area (Å²) in [6.45, 7) is 2.49. The second-order valence-corrected chi connectivity index (χ2v) is 8.63. The van der Waals surface area contributed by atoms with E-state index in [-0.39, 0.29) is 12.5 Å². The molecule has 0 saturated heterocycles. The van der Waals surface area contributed by atoms with Crippen molar-refractivity contribution in [3.05, 3.63) is 70.8 Å². The smallest absolute Gasteiger partial charge is 0.261 e. The van der Waals surface area contributed by atoms with Crippen molar-refractivity contribution < 1.29 is 14.3 Å². The molecule has 0 bridgehead atoms. The quantitative estimate of drug-likeness (QED) is 0.382. The number of hydrogen-bond donors (Lipinski definition) is 1. The molecule has 0 unspecified atom stereocenters. The van der Waals surface area contributed by atoms with Gasteiger partial charge in [-0.05, 0) is 36.2 Å². The molecular weight excluding hydrogens is 452 g/mol. The van der Waals surface area contributed by atoms with Crippen LogP contribution < -0.4 is 10.1 Å². The van der Waals surface area contributed by atoms with Crippen molar-refractivity contribution in [1.82, 2.24) is 29.8 Å². The van der Waals surface area contributed by atoms with E-state index in [1.807, 2.05) is 47.9 Å². The third-order valence-electron chi connectivity index (χ3n) is 5.44. The van der Waals surface area contributed by atoms with Crippen LogP contribution in [0.4, 0.5) is 0 Å². The molecule has 0 aliphatic rings. The number of hydrogen-bond acceptors (Lipinski definition) is 8. The number of nitrogens with zero attached hydrogens (tertiary/aromatic N) is 5. The van der Waals surface area contributed by atoms with E-state index in [4.69, 9.17) is 9.47 Å². The van der Waals surface area contributed by atoms with Crippen LogP contribution in [0.5, 0.6) is 5.88 Å². The molecule has 0 spiro atoms. The van der Waals surface area contributed by atoms with Crippen molar-refractivity contribution in [1.29, 1.82) is 0 Å². The first-order chi connectivity index (χ1) is 16.6. The van der Waals surface area contributed by atoms with Crippen LogP contribution in [0.15, 0.2) is 48.9 Å². The van der Waals surface area contributed by atoms with Crippen LogP contribution in [0.1, 0.15) is 26.6 Å². The summed E-state index contributed by atoms with van der Waals surface area (Å²) in [5, 5.41) is 3.72. The highest BCUT2D eigenvalue weighted by Crippen LogP contribution is 2.35. The highest BCUT2D eigenvalue weighted by atomic mass is 32.1. The van der Waals surface area contributed by atoms with Gasteiger partial charge in [0.1, 0.15) is 23.6 Å². The van der Waals surface area contributed by atoms with Crippen molar-refractivity contribution in [3.8, 4) is 11.7 Å². The van der Waals surface area contributed by atoms with Gasteiger partial charge in [0, 0.05) is 19.9 Å². The van der Waals surface area contributed by atoms with Gasteiger partial charge in [-0.25, -0.2) is 15.0 Å². The van der Waals surface area contributed by atoms with Gasteiger partial charge >= 0.3 is 0 Å². The molecule has 34 heavy (non-hydrogen) atoms. The zero-order valence-electron chi connectivity index (χ0n) is 18.9. The average Bonchev–Trinajstić information content (AvgIpc) is 3.44. The Morgan fingerprint density at radius 2 is 1.97 bits per heavy atom. The molecule has 5 rings (SSSR count). The number of amides is 1. The molecule has 1 amide bonds. The first-order valence-corrected chi connectivity index (χ1v) is 11.4. The zero-order valence-corrected chi connectivity index (χ0v) is 19.7. The molecule has 0 saturated carbocycles. The minimum Gasteiger partial charge on any atom is -0.480 e. The van der Waals surface area contributed by atoms with Crippen LogP contribution in [0, 0.1) is 6.92 Å². The molecule has 0 fully saturated rings. The van der Waals surface area contributed by atoms with Crippen molar-refractivity contribution in [2.24, 2.45) is 0 Å². The first kappa shape index (κ1) is 21.9. The van der Waals surface area contributed by atoms with E-state index in [2.05, 4.69) is 25.3 Å². The maximum atomic E-state index is 13.0. The average molecular weight is 475 g/mol. The Balaban J connectivity index is 1.33. The molecular formula is C24H22N6O3S. The molecule has 1 N–H and O–H groups in total. The number of nitrogens with one attached hydrogen (secondary N) is 1. The Bertz CT molecular complexity index is 1490. The third kappa shape index (κ3) is 3.97. The van der Waals surface area contributed by atoms with E-state index in [0.717, 1.165) is 33.4 Å². The predicted octanol–water partition coefficient (Wildman–Crippen LogP) is 3.82. The number of ether oxygens (including phenoxy) is 2. The number of thiophene rings is 1. The fourth-order valence-corrected chi connectivity index (χ4v) is 4.88. The Morgan fingerprint density at radius 3 is 2.74 bits per heavy atom. The molecule has 1 aromatic carbocycles. The van der Waals surface area contributed by atoms with Crippen LogP contribution in [0.25, 0.3) is 27.1 Å². The maximum absolute atomic E-state index is 13.0. The van der Waals surface area contributed by atoms with E-state index in [1.54, 1.807) is 26.7 Å². The zero-order chi connectivity index (χ0) is 23.7. The lowest BCUT2D eigenvalue weighted by atomic mass is 10.2. The molecule has 4 aromatic heterocycles. The van der Waals surface area contributed by atoms with Crippen LogP contribution in [0.3, 0.4) is 0 Å². The lowest BCUT2D eigenvalue weighted by molar-refractivity contribution is 0.0954. The Labute approximate surface area is 199 Å². The van der Waals surface area contributed by atoms with Gasteiger partial charge in [-0.1, -0.05) is 18.2 Å². The van der Waals surface area contributed by atoms with Crippen LogP contribution in [0.2, 0.25) is 0 Å². The number of fused-ring (bicyclic) bond motifs is 2. The summed E-state index contributed by atoms with van der Waals surface area (Å²) >= 11 is 1.31. The van der Waals surface area contributed by atoms with E-state index in [0.29, 0.717) is 28.0 Å². The molecule has 0 aliphatic carbocycles. The second kappa shape index (κ2) is 9.16. The number of aromatic nitrogens is 5. The van der Waals surface area contributed by atoms with E-state index < -0.39 is 0 Å². The van der Waals surface area contributed by atoms with Crippen molar-refractivity contribution in [2.45, 2.75) is 20.1 Å². The number of carbonyl (C=O) groups excluding carboxylic acids is 1. The van der Waals surface area contributed by atoms with Gasteiger partial charge in [0.15, 0.2) is 5.82 Å². The van der Waals surface area contributed by atoms with Gasteiger partial charge in [-0.3, -0.25) is 9.36 Å². The van der Waals surface area contributed by atoms with Gasteiger partial charge in [0.2, 0.25) is 5.88 Å². The minimum absolute atomic E-state index is 0.180. The summed E-state index contributed by atoms with van der Waals surface area (Å²) in [5.41, 5.74) is 3.58. The molecule has 0 radical (unpaired) electrons. The standard InChI is InChI=1S/C24H22N6O3S/c1-14-20-23(33-3)28-18(12-32-2)29-24(20)34-21(14)22(31)26-11-15-8-9-19(25-10-15)30-13-27-16-6-4-5-7-17(16)30/h4-10,13H,11-12H2,1-3H3,(H,26,31). The predicted molar refractivity (Wildman–Crippen MR) is 129 cm³/mol. The number of imidazole rings is 1. The number of carbonyl (C=O) groups is 1. The fourth-order valence-electron chi connectivity index (χ4n) is 3.77. The van der Waals surface area contributed by atoms with Crippen LogP contribution >= 0.6 is 11.3 Å². The van der Waals surface area contributed by atoms with Gasteiger partial charge in [-0.15, -0.1) is 11.3 Å². The van der Waals surface area contributed by atoms with Crippen LogP contribution in [-0.4, -0.2) is 44.6 Å². The summed E-state index contributed by atoms with van der Waals surface area (Å²) in [7, 11) is 3.13. The molecule has 0 atom stereocenters. The van der Waals surface area contributed by atoms with Crippen LogP contribution in [-0.2, 0) is 17.9 Å². The largest absolute Gasteiger partial charge is 0.480 e. The summed E-state index contributed by atoms with van der Waals surface area (Å²) < 4.78 is 12.5. The molecule has 5 aromatic rings. The first-order valence-electron chi connectivity index (χ1n) is 10.6. The van der Waals surface area contributed by atoms with E-state index in [1.165, 1.54) is 11.3 Å². The SMILES string of the molecule is COCc1nc(OC)c2c(C)c(C(=O)NCc3ccc(-n4cnc5ccccc54)nc3)sc2n1. The highest BCUT2D eigenvalue weighted by molar-refractivity contribution is 7.20. The lowest BCUT2D eigenvalue weighted by Gasteiger charge is -2.07. The summed E-state index contributed by atoms with van der Waals surface area (Å²) in [6.07, 6.45) is 3.52. The summed E-state index contributed by atoms with van der Waals surface area (Å²) in [5.74, 6) is 1.54. The third-order valence-corrected chi connectivity index (χ3v) is 6.62. The maximum Gasteiger partial charge on any atom is 0.261 e. The van der Waals surface area contributed by atoms with E-state index in [9.17, 15) is 4.79 Å². The lowest BCUT2D eigenvalue weighted by Crippen LogP contribution is -2.22. The molecule has 9 nitrogen and oxygen atoms in total. The van der Waals surface area contributed by atoms with E-state index >= 15 is 0 Å².